The zero-order chi connectivity index (χ0) is 20.3. The number of rotatable bonds is 6. The molecule has 28 heavy (non-hydrogen) atoms. The largest absolute Gasteiger partial charge is 0.354 e. The van der Waals surface area contributed by atoms with Crippen molar-refractivity contribution in [1.29, 1.82) is 0 Å². The molecule has 0 saturated heterocycles. The molecule has 1 aromatic heterocycles. The number of aryl methyl sites for hydroxylation is 2. The first-order valence-electron chi connectivity index (χ1n) is 8.85. The van der Waals surface area contributed by atoms with Gasteiger partial charge in [-0.3, -0.25) is 9.59 Å². The molecule has 9 heteroatoms. The van der Waals surface area contributed by atoms with Gasteiger partial charge < -0.3 is 20.1 Å². The number of fused-ring (bicyclic) bond motifs is 1. The molecule has 0 fully saturated rings. The number of hydrogen-bond donors (Lipinski definition) is 2. The van der Waals surface area contributed by atoms with Crippen molar-refractivity contribution in [3.63, 3.8) is 0 Å². The maximum atomic E-state index is 12.5. The molecule has 0 unspecified atom stereocenters. The quantitative estimate of drug-likeness (QED) is 0.564. The van der Waals surface area contributed by atoms with Gasteiger partial charge in [0.2, 0.25) is 0 Å². The molecule has 1 aliphatic heterocycles. The number of anilines is 1. The molecular weight excluding hydrogens is 380 g/mol. The van der Waals surface area contributed by atoms with Crippen LogP contribution < -0.4 is 10.6 Å². The van der Waals surface area contributed by atoms with Crippen molar-refractivity contribution in [1.82, 2.24) is 15.1 Å². The van der Waals surface area contributed by atoms with Crippen molar-refractivity contribution in [3.8, 4) is 5.69 Å². The van der Waals surface area contributed by atoms with Crippen molar-refractivity contribution in [2.45, 2.75) is 31.6 Å². The van der Waals surface area contributed by atoms with E-state index in [2.05, 4.69) is 21.8 Å². The van der Waals surface area contributed by atoms with Gasteiger partial charge in [-0.2, -0.15) is 16.9 Å². The maximum Gasteiger partial charge on any atom is 0.314 e. The minimum atomic E-state index is -0.758. The van der Waals surface area contributed by atoms with Gasteiger partial charge in [0.15, 0.2) is 6.29 Å². The van der Waals surface area contributed by atoms with Crippen molar-refractivity contribution >= 4 is 29.4 Å². The highest BCUT2D eigenvalue weighted by Crippen LogP contribution is 2.36. The number of methoxy groups -OCH3 is 2. The van der Waals surface area contributed by atoms with Crippen LogP contribution in [0.5, 0.6) is 0 Å². The molecule has 3 rings (SSSR count). The second kappa shape index (κ2) is 8.76. The number of ether oxygens (including phenoxy) is 2. The first-order chi connectivity index (χ1) is 13.4. The fourth-order valence-electron chi connectivity index (χ4n) is 3.04. The van der Waals surface area contributed by atoms with Crippen LogP contribution in [0, 0.1) is 13.8 Å². The Morgan fingerprint density at radius 3 is 2.64 bits per heavy atom. The van der Waals surface area contributed by atoms with Gasteiger partial charge in [-0.15, -0.1) is 0 Å². The minimum Gasteiger partial charge on any atom is -0.354 e. The number of nitrogens with zero attached hydrogens (tertiary/aromatic N) is 2. The third-order valence-corrected chi connectivity index (χ3v) is 5.50. The lowest BCUT2D eigenvalue weighted by Crippen LogP contribution is -2.40. The number of benzene rings is 1. The highest BCUT2D eigenvalue weighted by atomic mass is 32.2. The average molecular weight is 404 g/mol. The van der Waals surface area contributed by atoms with E-state index in [1.807, 2.05) is 26.0 Å². The molecule has 2 aromatic rings. The lowest BCUT2D eigenvalue weighted by molar-refractivity contribution is -0.139. The first kappa shape index (κ1) is 20.4. The molecule has 150 valence electrons. The van der Waals surface area contributed by atoms with Gasteiger partial charge in [0.1, 0.15) is 5.82 Å². The molecule has 0 spiro atoms. The predicted molar refractivity (Wildman–Crippen MR) is 107 cm³/mol. The number of thioether (sulfide) groups is 1. The summed E-state index contributed by atoms with van der Waals surface area (Å²) in [4.78, 5) is 24.7. The summed E-state index contributed by atoms with van der Waals surface area (Å²) in [6.45, 7) is 4.10. The smallest absolute Gasteiger partial charge is 0.314 e. The van der Waals surface area contributed by atoms with E-state index in [1.165, 1.54) is 14.2 Å². The van der Waals surface area contributed by atoms with E-state index in [1.54, 1.807) is 16.4 Å². The molecule has 1 aliphatic rings. The normalized spacial score (nSPS) is 12.9. The van der Waals surface area contributed by atoms with Crippen molar-refractivity contribution in [3.05, 3.63) is 40.6 Å². The van der Waals surface area contributed by atoms with Gasteiger partial charge in [0.05, 0.1) is 17.9 Å². The number of hydrogen-bond acceptors (Lipinski definition) is 6. The summed E-state index contributed by atoms with van der Waals surface area (Å²) in [5, 5.41) is 9.93. The van der Waals surface area contributed by atoms with Gasteiger partial charge in [-0.05, 0) is 25.5 Å². The standard InChI is InChI=1S/C19H24N4O4S/c1-11-5-6-15(12(2)7-11)23-17(13-9-28-10-14(13)22-23)21-19(25)18(24)20-8-16(26-3)27-4/h5-7,16H,8-10H2,1-4H3,(H,20,24)(H,21,25). The molecule has 0 aliphatic carbocycles. The molecule has 0 atom stereocenters. The van der Waals surface area contributed by atoms with E-state index < -0.39 is 18.1 Å². The Hall–Kier alpha value is -2.36. The highest BCUT2D eigenvalue weighted by Gasteiger charge is 2.27. The van der Waals surface area contributed by atoms with Crippen LogP contribution >= 0.6 is 11.8 Å². The summed E-state index contributed by atoms with van der Waals surface area (Å²) in [5.74, 6) is 0.559. The fraction of sp³-hybridized carbons (Fsp3) is 0.421. The van der Waals surface area contributed by atoms with E-state index in [9.17, 15) is 9.59 Å². The Kier molecular flexibility index (Phi) is 6.38. The van der Waals surface area contributed by atoms with E-state index in [0.717, 1.165) is 39.6 Å². The fourth-order valence-corrected chi connectivity index (χ4v) is 4.08. The van der Waals surface area contributed by atoms with E-state index in [0.29, 0.717) is 5.82 Å². The maximum absolute atomic E-state index is 12.5. The average Bonchev–Trinajstić information content (AvgIpc) is 3.25. The highest BCUT2D eigenvalue weighted by molar-refractivity contribution is 7.98. The number of carbonyl (C=O) groups is 2. The lowest BCUT2D eigenvalue weighted by Gasteiger charge is -2.15. The number of carbonyl (C=O) groups excluding carboxylic acids is 2. The predicted octanol–water partition coefficient (Wildman–Crippen LogP) is 1.91. The van der Waals surface area contributed by atoms with Crippen LogP contribution in [0.15, 0.2) is 18.2 Å². The summed E-state index contributed by atoms with van der Waals surface area (Å²) < 4.78 is 11.7. The molecule has 2 amide bonds. The van der Waals surface area contributed by atoms with E-state index >= 15 is 0 Å². The van der Waals surface area contributed by atoms with Crippen LogP contribution in [-0.4, -0.2) is 48.6 Å². The molecular formula is C19H24N4O4S. The number of amides is 2. The van der Waals surface area contributed by atoms with Gasteiger partial charge in [0.25, 0.3) is 0 Å². The topological polar surface area (TPSA) is 94.5 Å². The summed E-state index contributed by atoms with van der Waals surface area (Å²) >= 11 is 1.73. The Balaban J connectivity index is 1.83. The van der Waals surface area contributed by atoms with Crippen molar-refractivity contribution in [2.24, 2.45) is 0 Å². The Labute approximate surface area is 168 Å². The summed E-state index contributed by atoms with van der Waals surface area (Å²) in [6, 6.07) is 6.03. The van der Waals surface area contributed by atoms with Gasteiger partial charge in [-0.1, -0.05) is 17.7 Å². The first-order valence-corrected chi connectivity index (χ1v) is 10.0. The van der Waals surface area contributed by atoms with Crippen molar-refractivity contribution in [2.75, 3.05) is 26.1 Å². The van der Waals surface area contributed by atoms with E-state index in [-0.39, 0.29) is 6.54 Å². The van der Waals surface area contributed by atoms with Crippen LogP contribution in [-0.2, 0) is 30.6 Å². The van der Waals surface area contributed by atoms with Crippen LogP contribution in [0.25, 0.3) is 5.69 Å². The Morgan fingerprint density at radius 2 is 1.96 bits per heavy atom. The lowest BCUT2D eigenvalue weighted by atomic mass is 10.1. The second-order valence-corrected chi connectivity index (χ2v) is 7.52. The summed E-state index contributed by atoms with van der Waals surface area (Å²) in [5.41, 5.74) is 4.95. The third kappa shape index (κ3) is 4.21. The molecule has 0 bridgehead atoms. The van der Waals surface area contributed by atoms with Crippen LogP contribution in [0.1, 0.15) is 22.4 Å². The van der Waals surface area contributed by atoms with E-state index in [4.69, 9.17) is 9.47 Å². The van der Waals surface area contributed by atoms with Gasteiger partial charge in [-0.25, -0.2) is 4.68 Å². The van der Waals surface area contributed by atoms with Gasteiger partial charge >= 0.3 is 11.8 Å². The Bertz CT molecular complexity index is 892. The SMILES string of the molecule is COC(CNC(=O)C(=O)Nc1c2c(nn1-c1ccc(C)cc1C)CSC2)OC. The third-order valence-electron chi connectivity index (χ3n) is 4.53. The molecule has 8 nitrogen and oxygen atoms in total. The van der Waals surface area contributed by atoms with Crippen LogP contribution in [0.4, 0.5) is 5.82 Å². The zero-order valence-corrected chi connectivity index (χ0v) is 17.2. The minimum absolute atomic E-state index is 0.0730. The van der Waals surface area contributed by atoms with Crippen LogP contribution in [0.3, 0.4) is 0 Å². The molecule has 1 aromatic carbocycles. The monoisotopic (exact) mass is 404 g/mol. The van der Waals surface area contributed by atoms with Crippen molar-refractivity contribution < 1.29 is 19.1 Å². The second-order valence-electron chi connectivity index (χ2n) is 6.53. The summed E-state index contributed by atoms with van der Waals surface area (Å²) in [6.07, 6.45) is -0.613. The zero-order valence-electron chi connectivity index (χ0n) is 16.4. The number of aromatic nitrogens is 2. The molecule has 2 N–H and O–H groups in total. The Morgan fingerprint density at radius 1 is 1.21 bits per heavy atom. The molecule has 2 heterocycles. The number of nitrogens with one attached hydrogen (secondary N) is 2. The van der Waals surface area contributed by atoms with Crippen LogP contribution in [0.2, 0.25) is 0 Å². The molecule has 0 saturated carbocycles. The van der Waals surface area contributed by atoms with Gasteiger partial charge in [0, 0.05) is 31.3 Å². The molecule has 0 radical (unpaired) electrons. The summed E-state index contributed by atoms with van der Waals surface area (Å²) in [7, 11) is 2.92.